The first-order valence-electron chi connectivity index (χ1n) is 10.6. The van der Waals surface area contributed by atoms with Gasteiger partial charge in [0.05, 0.1) is 18.5 Å². The van der Waals surface area contributed by atoms with E-state index in [4.69, 9.17) is 0 Å². The number of piperazine rings is 1. The molecule has 1 aliphatic carbocycles. The Balaban J connectivity index is 1.19. The number of allylic oxidation sites excluding steroid dienone is 2. The van der Waals surface area contributed by atoms with Crippen LogP contribution in [0, 0.1) is 11.8 Å². The SMILES string of the molecule is O=C1[C@H]2CC=CC[C@@H]2C(=O)N1CN1CCN(Cc2cccc3ccccc23)CC1. The van der Waals surface area contributed by atoms with E-state index in [1.165, 1.54) is 21.2 Å². The number of nitrogens with zero attached hydrogens (tertiary/aromatic N) is 3. The second kappa shape index (κ2) is 7.73. The van der Waals surface area contributed by atoms with Gasteiger partial charge in [-0.05, 0) is 29.2 Å². The van der Waals surface area contributed by atoms with Crippen LogP contribution < -0.4 is 0 Å². The number of likely N-dealkylation sites (tertiary alicyclic amines) is 1. The lowest BCUT2D eigenvalue weighted by Gasteiger charge is -2.36. The first kappa shape index (κ1) is 18.5. The van der Waals surface area contributed by atoms with Crippen molar-refractivity contribution < 1.29 is 9.59 Å². The molecule has 3 aliphatic rings. The Morgan fingerprint density at radius 2 is 1.38 bits per heavy atom. The average molecular weight is 389 g/mol. The van der Waals surface area contributed by atoms with E-state index < -0.39 is 0 Å². The van der Waals surface area contributed by atoms with Gasteiger partial charge in [0, 0.05) is 32.7 Å². The molecule has 2 aromatic rings. The Bertz CT molecular complexity index is 930. The molecule has 2 atom stereocenters. The molecule has 0 spiro atoms. The molecule has 2 heterocycles. The van der Waals surface area contributed by atoms with Gasteiger partial charge in [-0.1, -0.05) is 54.6 Å². The highest BCUT2D eigenvalue weighted by molar-refractivity contribution is 6.05. The second-order valence-electron chi connectivity index (χ2n) is 8.43. The highest BCUT2D eigenvalue weighted by Crippen LogP contribution is 2.35. The number of amides is 2. The van der Waals surface area contributed by atoms with Crippen LogP contribution in [0.4, 0.5) is 0 Å². The van der Waals surface area contributed by atoms with E-state index in [0.29, 0.717) is 19.5 Å². The fraction of sp³-hybridized carbons (Fsp3) is 0.417. The minimum Gasteiger partial charge on any atom is -0.297 e. The summed E-state index contributed by atoms with van der Waals surface area (Å²) in [6.45, 7) is 5.06. The normalized spacial score (nSPS) is 25.7. The van der Waals surface area contributed by atoms with Crippen molar-refractivity contribution in [3.05, 3.63) is 60.2 Å². The predicted octanol–water partition coefficient (Wildman–Crippen LogP) is 2.87. The smallest absolute Gasteiger partial charge is 0.234 e. The molecular weight excluding hydrogens is 362 g/mol. The summed E-state index contributed by atoms with van der Waals surface area (Å²) in [5, 5.41) is 2.60. The van der Waals surface area contributed by atoms with Crippen molar-refractivity contribution >= 4 is 22.6 Å². The van der Waals surface area contributed by atoms with Crippen LogP contribution in [0.1, 0.15) is 18.4 Å². The first-order chi connectivity index (χ1) is 14.2. The van der Waals surface area contributed by atoms with Gasteiger partial charge >= 0.3 is 0 Å². The van der Waals surface area contributed by atoms with Crippen molar-refractivity contribution in [1.29, 1.82) is 0 Å². The molecule has 0 radical (unpaired) electrons. The number of fused-ring (bicyclic) bond motifs is 2. The Kier molecular flexibility index (Phi) is 4.94. The maximum atomic E-state index is 12.7. The van der Waals surface area contributed by atoms with Crippen molar-refractivity contribution in [2.75, 3.05) is 32.8 Å². The molecule has 2 aromatic carbocycles. The van der Waals surface area contributed by atoms with Crippen LogP contribution in [0.5, 0.6) is 0 Å². The van der Waals surface area contributed by atoms with Crippen LogP contribution in [0.15, 0.2) is 54.6 Å². The van der Waals surface area contributed by atoms with E-state index in [-0.39, 0.29) is 23.7 Å². The Morgan fingerprint density at radius 3 is 2.10 bits per heavy atom. The van der Waals surface area contributed by atoms with Crippen LogP contribution in [0.3, 0.4) is 0 Å². The van der Waals surface area contributed by atoms with Gasteiger partial charge in [-0.2, -0.15) is 0 Å². The maximum Gasteiger partial charge on any atom is 0.234 e. The first-order valence-corrected chi connectivity index (χ1v) is 10.6. The molecule has 0 aromatic heterocycles. The third kappa shape index (κ3) is 3.49. The molecule has 2 fully saturated rings. The monoisotopic (exact) mass is 389 g/mol. The summed E-state index contributed by atoms with van der Waals surface area (Å²) in [5.41, 5.74) is 1.36. The molecule has 0 bridgehead atoms. The van der Waals surface area contributed by atoms with Crippen molar-refractivity contribution in [2.45, 2.75) is 19.4 Å². The van der Waals surface area contributed by atoms with Gasteiger partial charge in [0.25, 0.3) is 0 Å². The minimum atomic E-state index is -0.125. The average Bonchev–Trinajstić information content (AvgIpc) is 3.00. The van der Waals surface area contributed by atoms with Gasteiger partial charge in [0.15, 0.2) is 0 Å². The zero-order valence-corrected chi connectivity index (χ0v) is 16.7. The van der Waals surface area contributed by atoms with Crippen LogP contribution >= 0.6 is 0 Å². The fourth-order valence-corrected chi connectivity index (χ4v) is 4.97. The third-order valence-electron chi connectivity index (χ3n) is 6.68. The van der Waals surface area contributed by atoms with E-state index in [2.05, 4.69) is 52.3 Å². The van der Waals surface area contributed by atoms with Gasteiger partial charge in [0.2, 0.25) is 11.8 Å². The third-order valence-corrected chi connectivity index (χ3v) is 6.68. The van der Waals surface area contributed by atoms with Gasteiger partial charge in [-0.3, -0.25) is 24.3 Å². The number of imide groups is 1. The second-order valence-corrected chi connectivity index (χ2v) is 8.43. The van der Waals surface area contributed by atoms with Crippen molar-refractivity contribution in [3.63, 3.8) is 0 Å². The number of carbonyl (C=O) groups is 2. The lowest BCUT2D eigenvalue weighted by molar-refractivity contribution is -0.142. The fourth-order valence-electron chi connectivity index (χ4n) is 4.97. The molecule has 5 rings (SSSR count). The van der Waals surface area contributed by atoms with Gasteiger partial charge in [-0.15, -0.1) is 0 Å². The van der Waals surface area contributed by atoms with E-state index in [1.807, 2.05) is 12.2 Å². The number of rotatable bonds is 4. The molecule has 150 valence electrons. The summed E-state index contributed by atoms with van der Waals surface area (Å²) >= 11 is 0. The van der Waals surface area contributed by atoms with Crippen LogP contribution in [0.25, 0.3) is 10.8 Å². The zero-order valence-electron chi connectivity index (χ0n) is 16.7. The standard InChI is InChI=1S/C24H27N3O2/c28-23-21-10-3-4-11-22(21)24(29)27(23)17-26-14-12-25(13-15-26)16-19-8-5-7-18-6-1-2-9-20(18)19/h1-9,21-22H,10-17H2/t21-,22-/m0/s1. The summed E-state index contributed by atoms with van der Waals surface area (Å²) in [6, 6.07) is 15.0. The molecule has 0 N–H and O–H groups in total. The van der Waals surface area contributed by atoms with E-state index in [1.54, 1.807) is 0 Å². The number of hydrogen-bond acceptors (Lipinski definition) is 4. The minimum absolute atomic E-state index is 0.0301. The Labute approximate surface area is 171 Å². The predicted molar refractivity (Wildman–Crippen MR) is 113 cm³/mol. The van der Waals surface area contributed by atoms with Crippen LogP contribution in [-0.2, 0) is 16.1 Å². The van der Waals surface area contributed by atoms with Crippen molar-refractivity contribution in [2.24, 2.45) is 11.8 Å². The van der Waals surface area contributed by atoms with Crippen molar-refractivity contribution in [1.82, 2.24) is 14.7 Å². The lowest BCUT2D eigenvalue weighted by atomic mass is 9.85. The zero-order chi connectivity index (χ0) is 19.8. The topological polar surface area (TPSA) is 43.9 Å². The summed E-state index contributed by atoms with van der Waals surface area (Å²) in [4.78, 5) is 31.6. The van der Waals surface area contributed by atoms with Gasteiger partial charge < -0.3 is 0 Å². The molecular formula is C24H27N3O2. The largest absolute Gasteiger partial charge is 0.297 e. The van der Waals surface area contributed by atoms with E-state index >= 15 is 0 Å². The van der Waals surface area contributed by atoms with Crippen LogP contribution in [-0.4, -0.2) is 59.4 Å². The molecule has 5 heteroatoms. The maximum absolute atomic E-state index is 12.7. The van der Waals surface area contributed by atoms with Crippen molar-refractivity contribution in [3.8, 4) is 0 Å². The van der Waals surface area contributed by atoms with Gasteiger partial charge in [0.1, 0.15) is 0 Å². The molecule has 29 heavy (non-hydrogen) atoms. The van der Waals surface area contributed by atoms with E-state index in [9.17, 15) is 9.59 Å². The lowest BCUT2D eigenvalue weighted by Crippen LogP contribution is -2.51. The summed E-state index contributed by atoms with van der Waals surface area (Å²) in [6.07, 6.45) is 5.51. The molecule has 2 aliphatic heterocycles. The van der Waals surface area contributed by atoms with Crippen LogP contribution in [0.2, 0.25) is 0 Å². The highest BCUT2D eigenvalue weighted by Gasteiger charge is 2.47. The Hall–Kier alpha value is -2.50. The molecule has 2 saturated heterocycles. The summed E-state index contributed by atoms with van der Waals surface area (Å²) in [7, 11) is 0. The molecule has 2 amide bonds. The quantitative estimate of drug-likeness (QED) is 0.596. The number of benzene rings is 2. The number of carbonyl (C=O) groups excluding carboxylic acids is 2. The summed E-state index contributed by atoms with van der Waals surface area (Å²) < 4.78 is 0. The highest BCUT2D eigenvalue weighted by atomic mass is 16.2. The Morgan fingerprint density at radius 1 is 0.759 bits per heavy atom. The molecule has 0 saturated carbocycles. The summed E-state index contributed by atoms with van der Waals surface area (Å²) in [5.74, 6) is -0.189. The number of hydrogen-bond donors (Lipinski definition) is 0. The molecule has 5 nitrogen and oxygen atoms in total. The van der Waals surface area contributed by atoms with Gasteiger partial charge in [-0.25, -0.2) is 0 Å². The van der Waals surface area contributed by atoms with E-state index in [0.717, 1.165) is 32.7 Å². The molecule has 0 unspecified atom stereocenters.